The molecular formula is C17H16N2O2. The molecule has 2 aromatic carbocycles. The number of rotatable bonds is 4. The van der Waals surface area contributed by atoms with Gasteiger partial charge >= 0.3 is 5.97 Å². The maximum absolute atomic E-state index is 11.7. The van der Waals surface area contributed by atoms with E-state index in [9.17, 15) is 4.79 Å². The number of hydrogen-bond donors (Lipinski definition) is 0. The van der Waals surface area contributed by atoms with Gasteiger partial charge in [0.05, 0.1) is 29.5 Å². The van der Waals surface area contributed by atoms with Gasteiger partial charge in [0.25, 0.3) is 0 Å². The highest BCUT2D eigenvalue weighted by Crippen LogP contribution is 2.17. The number of hydrogen-bond acceptors (Lipinski definition) is 3. The fraction of sp³-hybridized carbons (Fsp3) is 0.176. The quantitative estimate of drug-likeness (QED) is 0.689. The summed E-state index contributed by atoms with van der Waals surface area (Å²) in [4.78, 5) is 16.1. The van der Waals surface area contributed by atoms with Gasteiger partial charge in [-0.25, -0.2) is 9.78 Å². The highest BCUT2D eigenvalue weighted by atomic mass is 16.5. The smallest absolute Gasteiger partial charge is 0.338 e. The molecule has 0 radical (unpaired) electrons. The lowest BCUT2D eigenvalue weighted by molar-refractivity contribution is 0.0526. The topological polar surface area (TPSA) is 44.1 Å². The molecule has 4 heteroatoms. The second kappa shape index (κ2) is 5.79. The summed E-state index contributed by atoms with van der Waals surface area (Å²) in [7, 11) is 0. The molecule has 0 aliphatic heterocycles. The Morgan fingerprint density at radius 3 is 2.76 bits per heavy atom. The van der Waals surface area contributed by atoms with Crippen LogP contribution in [-0.2, 0) is 11.3 Å². The van der Waals surface area contributed by atoms with Gasteiger partial charge in [-0.05, 0) is 30.7 Å². The molecule has 1 heterocycles. The van der Waals surface area contributed by atoms with Crippen LogP contribution in [0.15, 0.2) is 54.9 Å². The van der Waals surface area contributed by atoms with E-state index in [0.717, 1.165) is 17.6 Å². The Morgan fingerprint density at radius 1 is 1.19 bits per heavy atom. The van der Waals surface area contributed by atoms with E-state index in [1.54, 1.807) is 25.4 Å². The lowest BCUT2D eigenvalue weighted by Gasteiger charge is -2.05. The zero-order valence-corrected chi connectivity index (χ0v) is 11.8. The van der Waals surface area contributed by atoms with Crippen molar-refractivity contribution in [1.29, 1.82) is 0 Å². The highest BCUT2D eigenvalue weighted by Gasteiger charge is 2.10. The molecule has 0 bridgehead atoms. The summed E-state index contributed by atoms with van der Waals surface area (Å²) < 4.78 is 7.07. The largest absolute Gasteiger partial charge is 0.462 e. The van der Waals surface area contributed by atoms with Crippen molar-refractivity contribution in [2.24, 2.45) is 0 Å². The first kappa shape index (κ1) is 13.4. The van der Waals surface area contributed by atoms with Crippen LogP contribution in [0.1, 0.15) is 22.8 Å². The monoisotopic (exact) mass is 280 g/mol. The molecule has 0 amide bonds. The lowest BCUT2D eigenvalue weighted by Crippen LogP contribution is -2.04. The van der Waals surface area contributed by atoms with E-state index in [0.29, 0.717) is 12.2 Å². The van der Waals surface area contributed by atoms with Crippen LogP contribution in [0.5, 0.6) is 0 Å². The summed E-state index contributed by atoms with van der Waals surface area (Å²) in [6, 6.07) is 15.7. The number of imidazole rings is 1. The molecule has 0 atom stereocenters. The number of nitrogens with zero attached hydrogens (tertiary/aromatic N) is 2. The Bertz CT molecular complexity index is 763. The zero-order valence-electron chi connectivity index (χ0n) is 11.8. The number of fused-ring (bicyclic) bond motifs is 1. The van der Waals surface area contributed by atoms with Crippen LogP contribution in [-0.4, -0.2) is 22.1 Å². The maximum Gasteiger partial charge on any atom is 0.338 e. The third-order valence-corrected chi connectivity index (χ3v) is 3.33. The predicted octanol–water partition coefficient (Wildman–Crippen LogP) is 3.26. The van der Waals surface area contributed by atoms with E-state index < -0.39 is 0 Å². The summed E-state index contributed by atoms with van der Waals surface area (Å²) in [6.45, 7) is 2.93. The minimum absolute atomic E-state index is 0.308. The molecule has 0 aliphatic carbocycles. The number of carbonyl (C=O) groups excluding carboxylic acids is 1. The molecule has 0 N–H and O–H groups in total. The van der Waals surface area contributed by atoms with Crippen molar-refractivity contribution in [1.82, 2.24) is 9.55 Å². The minimum Gasteiger partial charge on any atom is -0.462 e. The minimum atomic E-state index is -0.308. The summed E-state index contributed by atoms with van der Waals surface area (Å²) in [5.74, 6) is -0.308. The third kappa shape index (κ3) is 2.79. The first-order chi connectivity index (χ1) is 10.3. The third-order valence-electron chi connectivity index (χ3n) is 3.33. The van der Waals surface area contributed by atoms with Crippen molar-refractivity contribution >= 4 is 17.0 Å². The SMILES string of the molecule is CCOC(=O)c1ccc2c(c1)ncn2Cc1ccccc1. The van der Waals surface area contributed by atoms with Crippen LogP contribution in [0.25, 0.3) is 11.0 Å². The van der Waals surface area contributed by atoms with Crippen molar-refractivity contribution < 1.29 is 9.53 Å². The lowest BCUT2D eigenvalue weighted by atomic mass is 10.2. The molecule has 0 aliphatic rings. The van der Waals surface area contributed by atoms with Crippen LogP contribution in [0.2, 0.25) is 0 Å². The van der Waals surface area contributed by atoms with Crippen molar-refractivity contribution in [3.63, 3.8) is 0 Å². The summed E-state index contributed by atoms with van der Waals surface area (Å²) >= 11 is 0. The summed E-state index contributed by atoms with van der Waals surface area (Å²) in [5, 5.41) is 0. The van der Waals surface area contributed by atoms with E-state index in [2.05, 4.69) is 21.7 Å². The van der Waals surface area contributed by atoms with E-state index >= 15 is 0 Å². The number of benzene rings is 2. The zero-order chi connectivity index (χ0) is 14.7. The van der Waals surface area contributed by atoms with Gasteiger partial charge in [-0.1, -0.05) is 30.3 Å². The average molecular weight is 280 g/mol. The fourth-order valence-corrected chi connectivity index (χ4v) is 2.31. The number of esters is 1. The standard InChI is InChI=1S/C17H16N2O2/c1-2-21-17(20)14-8-9-16-15(10-14)18-12-19(16)11-13-6-4-3-5-7-13/h3-10,12H,2,11H2,1H3. The van der Waals surface area contributed by atoms with Gasteiger partial charge in [-0.2, -0.15) is 0 Å². The number of aromatic nitrogens is 2. The van der Waals surface area contributed by atoms with Gasteiger partial charge in [0.15, 0.2) is 0 Å². The number of carbonyl (C=O) groups is 1. The first-order valence-corrected chi connectivity index (χ1v) is 6.94. The van der Waals surface area contributed by atoms with Crippen LogP contribution in [0.3, 0.4) is 0 Å². The van der Waals surface area contributed by atoms with E-state index in [-0.39, 0.29) is 5.97 Å². The van der Waals surface area contributed by atoms with Gasteiger partial charge in [0, 0.05) is 6.54 Å². The number of ether oxygens (including phenoxy) is 1. The molecule has 0 saturated carbocycles. The molecule has 0 saturated heterocycles. The molecule has 3 aromatic rings. The Kier molecular flexibility index (Phi) is 3.69. The highest BCUT2D eigenvalue weighted by molar-refractivity contribution is 5.93. The Balaban J connectivity index is 1.91. The van der Waals surface area contributed by atoms with Gasteiger partial charge in [0.1, 0.15) is 0 Å². The summed E-state index contributed by atoms with van der Waals surface area (Å²) in [5.41, 5.74) is 3.56. The second-order valence-electron chi connectivity index (χ2n) is 4.78. The first-order valence-electron chi connectivity index (χ1n) is 6.94. The van der Waals surface area contributed by atoms with Crippen molar-refractivity contribution in [3.05, 3.63) is 66.0 Å². The molecular weight excluding hydrogens is 264 g/mol. The van der Waals surface area contributed by atoms with Gasteiger partial charge in [-0.3, -0.25) is 0 Å². The Labute approximate surface area is 123 Å². The molecule has 1 aromatic heterocycles. The van der Waals surface area contributed by atoms with Crippen LogP contribution in [0, 0.1) is 0 Å². The molecule has 106 valence electrons. The Morgan fingerprint density at radius 2 is 2.00 bits per heavy atom. The van der Waals surface area contributed by atoms with Crippen LogP contribution in [0.4, 0.5) is 0 Å². The molecule has 0 unspecified atom stereocenters. The molecule has 0 fully saturated rings. The maximum atomic E-state index is 11.7. The molecule has 0 spiro atoms. The van der Waals surface area contributed by atoms with Crippen molar-refractivity contribution in [3.8, 4) is 0 Å². The summed E-state index contributed by atoms with van der Waals surface area (Å²) in [6.07, 6.45) is 1.80. The average Bonchev–Trinajstić information content (AvgIpc) is 2.91. The van der Waals surface area contributed by atoms with Gasteiger partial charge in [0.2, 0.25) is 0 Å². The molecule has 4 nitrogen and oxygen atoms in total. The van der Waals surface area contributed by atoms with E-state index in [1.165, 1.54) is 5.56 Å². The molecule has 3 rings (SSSR count). The van der Waals surface area contributed by atoms with Gasteiger partial charge < -0.3 is 9.30 Å². The molecule has 21 heavy (non-hydrogen) atoms. The van der Waals surface area contributed by atoms with Crippen LogP contribution < -0.4 is 0 Å². The van der Waals surface area contributed by atoms with Crippen LogP contribution >= 0.6 is 0 Å². The normalized spacial score (nSPS) is 10.7. The van der Waals surface area contributed by atoms with Gasteiger partial charge in [-0.15, -0.1) is 0 Å². The fourth-order valence-electron chi connectivity index (χ4n) is 2.31. The van der Waals surface area contributed by atoms with Crippen molar-refractivity contribution in [2.75, 3.05) is 6.61 Å². The Hall–Kier alpha value is -2.62. The predicted molar refractivity (Wildman–Crippen MR) is 81.2 cm³/mol. The van der Waals surface area contributed by atoms with E-state index in [4.69, 9.17) is 4.74 Å². The van der Waals surface area contributed by atoms with E-state index in [1.807, 2.05) is 24.3 Å². The second-order valence-corrected chi connectivity index (χ2v) is 4.78. The van der Waals surface area contributed by atoms with Crippen molar-refractivity contribution in [2.45, 2.75) is 13.5 Å².